The molecule has 1 atom stereocenters. The molecule has 0 amide bonds. The van der Waals surface area contributed by atoms with E-state index in [1.165, 1.54) is 12.1 Å². The van der Waals surface area contributed by atoms with Gasteiger partial charge in [-0.05, 0) is 65.6 Å². The molecule has 0 radical (unpaired) electrons. The maximum Gasteiger partial charge on any atom is 0.338 e. The molecular weight excluding hydrogens is 541 g/mol. The number of sulfone groups is 1. The quantitative estimate of drug-likeness (QED) is 0.238. The van der Waals surface area contributed by atoms with Crippen LogP contribution in [-0.2, 0) is 22.8 Å². The van der Waals surface area contributed by atoms with E-state index in [0.29, 0.717) is 31.1 Å². The first-order chi connectivity index (χ1) is 18.6. The third-order valence-corrected chi connectivity index (χ3v) is 8.35. The lowest BCUT2D eigenvalue weighted by atomic mass is 10.1. The van der Waals surface area contributed by atoms with Crippen molar-refractivity contribution in [2.24, 2.45) is 0 Å². The van der Waals surface area contributed by atoms with Gasteiger partial charge in [-0.15, -0.1) is 0 Å². The second kappa shape index (κ2) is 12.5. The molecule has 6 nitrogen and oxygen atoms in total. The fourth-order valence-corrected chi connectivity index (χ4v) is 5.71. The Balaban J connectivity index is 1.47. The maximum absolute atomic E-state index is 14.1. The van der Waals surface area contributed by atoms with Gasteiger partial charge in [0, 0.05) is 24.7 Å². The van der Waals surface area contributed by atoms with Crippen LogP contribution in [-0.4, -0.2) is 42.6 Å². The minimum absolute atomic E-state index is 0.0220. The van der Waals surface area contributed by atoms with Crippen molar-refractivity contribution in [1.82, 2.24) is 4.90 Å². The van der Waals surface area contributed by atoms with E-state index in [1.807, 2.05) is 36.4 Å². The van der Waals surface area contributed by atoms with Gasteiger partial charge in [0.15, 0.2) is 0 Å². The van der Waals surface area contributed by atoms with Gasteiger partial charge in [0.2, 0.25) is 9.84 Å². The van der Waals surface area contributed by atoms with E-state index in [4.69, 9.17) is 16.7 Å². The van der Waals surface area contributed by atoms with Crippen molar-refractivity contribution in [2.75, 3.05) is 13.1 Å². The first-order valence-electron chi connectivity index (χ1n) is 12.2. The fraction of sp³-hybridized carbons (Fsp3) is 0.167. The van der Waals surface area contributed by atoms with Gasteiger partial charge in [-0.1, -0.05) is 66.2 Å². The van der Waals surface area contributed by atoms with Crippen LogP contribution < -0.4 is 0 Å². The normalized spacial score (nSPS) is 12.4. The molecule has 0 aliphatic rings. The van der Waals surface area contributed by atoms with Crippen LogP contribution in [0, 0.1) is 5.82 Å². The van der Waals surface area contributed by atoms with E-state index >= 15 is 0 Å². The molecule has 0 bridgehead atoms. The van der Waals surface area contributed by atoms with Crippen LogP contribution >= 0.6 is 11.6 Å². The van der Waals surface area contributed by atoms with Gasteiger partial charge in [-0.2, -0.15) is 0 Å². The van der Waals surface area contributed by atoms with Crippen molar-refractivity contribution in [1.29, 1.82) is 0 Å². The molecule has 0 fully saturated rings. The average molecular weight is 568 g/mol. The Labute approximate surface area is 231 Å². The molecule has 4 aromatic carbocycles. The van der Waals surface area contributed by atoms with E-state index in [2.05, 4.69) is 4.90 Å². The number of aliphatic hydroxyl groups is 1. The highest BCUT2D eigenvalue weighted by Crippen LogP contribution is 2.24. The Morgan fingerprint density at radius 3 is 2.21 bits per heavy atom. The van der Waals surface area contributed by atoms with Crippen LogP contribution in [0.15, 0.2) is 107 Å². The summed E-state index contributed by atoms with van der Waals surface area (Å²) in [6.07, 6.45) is -0.148. The van der Waals surface area contributed by atoms with Gasteiger partial charge < -0.3 is 10.2 Å². The lowest BCUT2D eigenvalue weighted by molar-refractivity contribution is 0.0691. The number of carboxylic acids is 1. The number of rotatable bonds is 11. The van der Waals surface area contributed by atoms with E-state index in [9.17, 15) is 22.7 Å². The fourth-order valence-electron chi connectivity index (χ4n) is 4.24. The molecular formula is C30H27ClFNO5S. The van der Waals surface area contributed by atoms with Crippen molar-refractivity contribution >= 4 is 27.4 Å². The smallest absolute Gasteiger partial charge is 0.338 e. The number of carbonyl (C=O) groups is 1. The van der Waals surface area contributed by atoms with E-state index < -0.39 is 33.3 Å². The topological polar surface area (TPSA) is 94.9 Å². The molecule has 0 saturated carbocycles. The summed E-state index contributed by atoms with van der Waals surface area (Å²) in [5.41, 5.74) is 2.11. The minimum Gasteiger partial charge on any atom is -0.478 e. The zero-order chi connectivity index (χ0) is 28.0. The second-order valence-corrected chi connectivity index (χ2v) is 11.5. The summed E-state index contributed by atoms with van der Waals surface area (Å²) in [5, 5.41) is 20.4. The molecule has 9 heteroatoms. The lowest BCUT2D eigenvalue weighted by Crippen LogP contribution is -2.30. The highest BCUT2D eigenvalue weighted by Gasteiger charge is 2.21. The summed E-state index contributed by atoms with van der Waals surface area (Å²) in [7, 11) is -4.03. The molecule has 202 valence electrons. The average Bonchev–Trinajstić information content (AvgIpc) is 2.92. The van der Waals surface area contributed by atoms with E-state index in [1.54, 1.807) is 30.3 Å². The maximum atomic E-state index is 14.1. The van der Waals surface area contributed by atoms with Gasteiger partial charge in [0.25, 0.3) is 0 Å². The predicted octanol–water partition coefficient (Wildman–Crippen LogP) is 5.79. The second-order valence-electron chi connectivity index (χ2n) is 9.14. The summed E-state index contributed by atoms with van der Waals surface area (Å²) in [4.78, 5) is 12.8. The highest BCUT2D eigenvalue weighted by molar-refractivity contribution is 7.91. The summed E-state index contributed by atoms with van der Waals surface area (Å²) >= 11 is 6.10. The van der Waals surface area contributed by atoms with Crippen molar-refractivity contribution in [3.05, 3.63) is 130 Å². The lowest BCUT2D eigenvalue weighted by Gasteiger charge is -2.25. The SMILES string of the molecule is O=C(O)c1ccc(S(=O)(=O)c2ccc(CCN(Cc3ccccc3)C[C@@H](O)c3cccc(Cl)c3)cc2)cc1F. The molecule has 2 N–H and O–H groups in total. The summed E-state index contributed by atoms with van der Waals surface area (Å²) in [5.74, 6) is -2.58. The van der Waals surface area contributed by atoms with Crippen molar-refractivity contribution in [3.63, 3.8) is 0 Å². The third kappa shape index (κ3) is 7.30. The first kappa shape index (κ1) is 28.4. The van der Waals surface area contributed by atoms with Crippen LogP contribution in [0.4, 0.5) is 4.39 Å². The van der Waals surface area contributed by atoms with Gasteiger partial charge >= 0.3 is 5.97 Å². The molecule has 4 rings (SSSR count). The minimum atomic E-state index is -4.03. The van der Waals surface area contributed by atoms with Crippen LogP contribution in [0.1, 0.15) is 33.2 Å². The summed E-state index contributed by atoms with van der Waals surface area (Å²) in [6, 6.07) is 26.1. The number of nitrogens with zero attached hydrogens (tertiary/aromatic N) is 1. The van der Waals surface area contributed by atoms with Crippen LogP contribution in [0.25, 0.3) is 0 Å². The molecule has 39 heavy (non-hydrogen) atoms. The monoisotopic (exact) mass is 567 g/mol. The largest absolute Gasteiger partial charge is 0.478 e. The molecule has 0 aliphatic carbocycles. The van der Waals surface area contributed by atoms with Gasteiger partial charge in [0.05, 0.1) is 21.5 Å². The predicted molar refractivity (Wildman–Crippen MR) is 147 cm³/mol. The molecule has 0 aromatic heterocycles. The number of halogens is 2. The Hall–Kier alpha value is -3.56. The molecule has 0 aliphatic heterocycles. The molecule has 0 unspecified atom stereocenters. The molecule has 0 heterocycles. The van der Waals surface area contributed by atoms with Crippen molar-refractivity contribution in [2.45, 2.75) is 28.9 Å². The third-order valence-electron chi connectivity index (χ3n) is 6.35. The Morgan fingerprint density at radius 1 is 0.872 bits per heavy atom. The Morgan fingerprint density at radius 2 is 1.56 bits per heavy atom. The summed E-state index contributed by atoms with van der Waals surface area (Å²) in [6.45, 7) is 1.59. The van der Waals surface area contributed by atoms with Crippen LogP contribution in [0.5, 0.6) is 0 Å². The number of hydrogen-bond acceptors (Lipinski definition) is 5. The summed E-state index contributed by atoms with van der Waals surface area (Å²) < 4.78 is 40.0. The zero-order valence-corrected chi connectivity index (χ0v) is 22.4. The van der Waals surface area contributed by atoms with Crippen molar-refractivity contribution < 1.29 is 27.8 Å². The zero-order valence-electron chi connectivity index (χ0n) is 20.9. The number of aliphatic hydroxyl groups excluding tert-OH is 1. The van der Waals surface area contributed by atoms with Gasteiger partial charge in [-0.25, -0.2) is 17.6 Å². The van der Waals surface area contributed by atoms with E-state index in [0.717, 1.165) is 34.9 Å². The number of carboxylic acid groups (broad SMARTS) is 1. The Kier molecular flexibility index (Phi) is 9.14. The number of benzene rings is 4. The first-order valence-corrected chi connectivity index (χ1v) is 14.1. The van der Waals surface area contributed by atoms with Crippen LogP contribution in [0.2, 0.25) is 5.02 Å². The molecule has 0 spiro atoms. The van der Waals surface area contributed by atoms with Gasteiger partial charge in [-0.3, -0.25) is 4.90 Å². The van der Waals surface area contributed by atoms with Gasteiger partial charge in [0.1, 0.15) is 5.82 Å². The standard InChI is InChI=1S/C30H27ClFNO5S/c31-24-8-4-7-23(17-24)29(34)20-33(19-22-5-2-1-3-6-22)16-15-21-9-11-25(12-10-21)39(37,38)26-13-14-27(30(35)36)28(32)18-26/h1-14,17-18,29,34H,15-16,19-20H2,(H,35,36)/t29-/m1/s1. The molecule has 0 saturated heterocycles. The molecule has 4 aromatic rings. The van der Waals surface area contributed by atoms with E-state index in [-0.39, 0.29) is 9.79 Å². The van der Waals surface area contributed by atoms with Crippen LogP contribution in [0.3, 0.4) is 0 Å². The Bertz CT molecular complexity index is 1550. The number of hydrogen-bond donors (Lipinski definition) is 2. The number of aromatic carboxylic acids is 1. The highest BCUT2D eigenvalue weighted by atomic mass is 35.5. The van der Waals surface area contributed by atoms with Crippen molar-refractivity contribution in [3.8, 4) is 0 Å².